The molecule has 2 aliphatic rings. The molecule has 1 atom stereocenters. The zero-order valence-corrected chi connectivity index (χ0v) is 13.8. The normalized spacial score (nSPS) is 19.4. The lowest BCUT2D eigenvalue weighted by Gasteiger charge is -2.34. The van der Waals surface area contributed by atoms with Gasteiger partial charge in [0.05, 0.1) is 17.1 Å². The summed E-state index contributed by atoms with van der Waals surface area (Å²) in [6.45, 7) is 0. The molecule has 122 valence electrons. The molecule has 0 spiro atoms. The lowest BCUT2D eigenvalue weighted by atomic mass is 9.78. The van der Waals surface area contributed by atoms with Gasteiger partial charge in [-0.3, -0.25) is 9.78 Å². The number of anilines is 1. The Morgan fingerprint density at radius 3 is 2.92 bits per heavy atom. The number of carbonyl (C=O) groups excluding carboxylic acids is 1. The average Bonchev–Trinajstić information content (AvgIpc) is 2.68. The van der Waals surface area contributed by atoms with Crippen molar-refractivity contribution in [3.8, 4) is 0 Å². The average molecular weight is 328 g/mol. The summed E-state index contributed by atoms with van der Waals surface area (Å²) < 4.78 is 0. The fourth-order valence-electron chi connectivity index (χ4n) is 4.10. The number of carbonyl (C=O) groups is 1. The SMILES string of the molecule is O=C1CCCC2=C1C(c1ccccn1)Nc1ccc3[nH+]cccc3c12. The molecule has 1 aromatic carbocycles. The van der Waals surface area contributed by atoms with Crippen molar-refractivity contribution in [2.45, 2.75) is 25.3 Å². The van der Waals surface area contributed by atoms with Crippen LogP contribution < -0.4 is 10.3 Å². The van der Waals surface area contributed by atoms with Crippen LogP contribution >= 0.6 is 0 Å². The van der Waals surface area contributed by atoms with E-state index in [2.05, 4.69) is 33.5 Å². The van der Waals surface area contributed by atoms with Crippen LogP contribution in [0.4, 0.5) is 5.69 Å². The standard InChI is InChI=1S/C21H17N3O/c25-18-8-3-5-14-19-13-6-4-12-22-15(13)9-10-16(19)24-21(20(14)18)17-7-1-2-11-23-17/h1-2,4,6-7,9-12,21,24H,3,5,8H2/p+1. The molecular weight excluding hydrogens is 310 g/mol. The Hall–Kier alpha value is -3.01. The Morgan fingerprint density at radius 2 is 2.04 bits per heavy atom. The summed E-state index contributed by atoms with van der Waals surface area (Å²) in [7, 11) is 0. The first kappa shape index (κ1) is 14.3. The van der Waals surface area contributed by atoms with Crippen LogP contribution in [0.3, 0.4) is 0 Å². The topological polar surface area (TPSA) is 56.1 Å². The Kier molecular flexibility index (Phi) is 3.17. The van der Waals surface area contributed by atoms with Crippen LogP contribution in [0.25, 0.3) is 16.5 Å². The molecule has 0 saturated carbocycles. The highest BCUT2D eigenvalue weighted by Gasteiger charge is 2.35. The summed E-state index contributed by atoms with van der Waals surface area (Å²) in [5.41, 5.74) is 6.32. The van der Waals surface area contributed by atoms with E-state index in [1.165, 1.54) is 11.1 Å². The van der Waals surface area contributed by atoms with Crippen LogP contribution in [-0.4, -0.2) is 10.8 Å². The van der Waals surface area contributed by atoms with E-state index >= 15 is 0 Å². The number of hydrogen-bond donors (Lipinski definition) is 1. The number of benzene rings is 1. The molecule has 25 heavy (non-hydrogen) atoms. The number of ketones is 1. The van der Waals surface area contributed by atoms with Crippen molar-refractivity contribution in [2.75, 3.05) is 5.32 Å². The van der Waals surface area contributed by atoms with Gasteiger partial charge >= 0.3 is 0 Å². The van der Waals surface area contributed by atoms with Crippen LogP contribution in [0.1, 0.15) is 36.6 Å². The molecule has 0 bridgehead atoms. The lowest BCUT2D eigenvalue weighted by Crippen LogP contribution is -2.28. The van der Waals surface area contributed by atoms with Gasteiger partial charge in [0.25, 0.3) is 0 Å². The Balaban J connectivity index is 1.81. The summed E-state index contributed by atoms with van der Waals surface area (Å²) in [6.07, 6.45) is 6.19. The third-order valence-electron chi connectivity index (χ3n) is 5.17. The number of H-pyrrole nitrogens is 1. The van der Waals surface area contributed by atoms with E-state index < -0.39 is 0 Å². The smallest absolute Gasteiger partial charge is 0.211 e. The zero-order valence-electron chi connectivity index (χ0n) is 13.8. The van der Waals surface area contributed by atoms with Gasteiger partial charge in [0, 0.05) is 41.6 Å². The van der Waals surface area contributed by atoms with Gasteiger partial charge in [-0.1, -0.05) is 6.07 Å². The number of nitrogens with one attached hydrogen (secondary N) is 2. The maximum Gasteiger partial charge on any atom is 0.211 e. The van der Waals surface area contributed by atoms with E-state index in [0.717, 1.165) is 40.7 Å². The van der Waals surface area contributed by atoms with Crippen LogP contribution in [0, 0.1) is 0 Å². The Bertz CT molecular complexity index is 1020. The molecule has 0 radical (unpaired) electrons. The Morgan fingerprint density at radius 1 is 1.08 bits per heavy atom. The molecule has 4 heteroatoms. The summed E-state index contributed by atoms with van der Waals surface area (Å²) >= 11 is 0. The zero-order chi connectivity index (χ0) is 16.8. The highest BCUT2D eigenvalue weighted by Crippen LogP contribution is 2.47. The van der Waals surface area contributed by atoms with Gasteiger partial charge in [-0.25, -0.2) is 4.98 Å². The monoisotopic (exact) mass is 328 g/mol. The van der Waals surface area contributed by atoms with Crippen molar-refractivity contribution in [1.29, 1.82) is 0 Å². The molecule has 3 heterocycles. The van der Waals surface area contributed by atoms with Gasteiger partial charge in [-0.05, 0) is 42.7 Å². The molecule has 2 aromatic heterocycles. The number of hydrogen-bond acceptors (Lipinski definition) is 3. The number of aromatic amines is 1. The van der Waals surface area contributed by atoms with Crippen LogP contribution in [0.15, 0.2) is 60.4 Å². The van der Waals surface area contributed by atoms with Gasteiger partial charge in [-0.15, -0.1) is 0 Å². The second kappa shape index (κ2) is 5.52. The second-order valence-corrected chi connectivity index (χ2v) is 6.62. The number of allylic oxidation sites excluding steroid dienone is 1. The molecule has 0 fully saturated rings. The molecule has 0 amide bonds. The highest BCUT2D eigenvalue weighted by molar-refractivity contribution is 6.11. The molecule has 1 aliphatic carbocycles. The third-order valence-corrected chi connectivity index (χ3v) is 5.17. The molecule has 5 rings (SSSR count). The van der Waals surface area contributed by atoms with Crippen LogP contribution in [0.2, 0.25) is 0 Å². The van der Waals surface area contributed by atoms with Gasteiger partial charge in [-0.2, -0.15) is 0 Å². The third kappa shape index (κ3) is 2.18. The fourth-order valence-corrected chi connectivity index (χ4v) is 4.10. The quantitative estimate of drug-likeness (QED) is 0.740. The van der Waals surface area contributed by atoms with Gasteiger partial charge < -0.3 is 5.32 Å². The predicted molar refractivity (Wildman–Crippen MR) is 96.9 cm³/mol. The molecule has 1 aliphatic heterocycles. The van der Waals surface area contributed by atoms with E-state index in [4.69, 9.17) is 0 Å². The minimum absolute atomic E-state index is 0.165. The molecule has 3 aromatic rings. The summed E-state index contributed by atoms with van der Waals surface area (Å²) in [6, 6.07) is 14.0. The van der Waals surface area contributed by atoms with Crippen LogP contribution in [-0.2, 0) is 4.79 Å². The maximum absolute atomic E-state index is 12.8. The van der Waals surface area contributed by atoms with Gasteiger partial charge in [0.1, 0.15) is 0 Å². The van der Waals surface area contributed by atoms with Crippen molar-refractivity contribution < 1.29 is 9.78 Å². The fraction of sp³-hybridized carbons (Fsp3) is 0.190. The largest absolute Gasteiger partial charge is 0.372 e. The number of nitrogens with zero attached hydrogens (tertiary/aromatic N) is 1. The molecule has 1 unspecified atom stereocenters. The van der Waals surface area contributed by atoms with E-state index in [-0.39, 0.29) is 11.8 Å². The van der Waals surface area contributed by atoms with Crippen molar-refractivity contribution in [3.05, 3.63) is 71.7 Å². The van der Waals surface area contributed by atoms with Crippen LogP contribution in [0.5, 0.6) is 0 Å². The first-order valence-corrected chi connectivity index (χ1v) is 8.70. The van der Waals surface area contributed by atoms with Crippen molar-refractivity contribution >= 4 is 27.9 Å². The summed E-state index contributed by atoms with van der Waals surface area (Å²) in [4.78, 5) is 20.6. The maximum atomic E-state index is 12.8. The van der Waals surface area contributed by atoms with E-state index in [1.54, 1.807) is 6.20 Å². The first-order valence-electron chi connectivity index (χ1n) is 8.70. The van der Waals surface area contributed by atoms with E-state index in [1.807, 2.05) is 30.5 Å². The minimum atomic E-state index is -0.165. The van der Waals surface area contributed by atoms with Crippen molar-refractivity contribution in [1.82, 2.24) is 4.98 Å². The van der Waals surface area contributed by atoms with Gasteiger partial charge in [0.2, 0.25) is 5.52 Å². The number of fused-ring (bicyclic) bond motifs is 4. The highest BCUT2D eigenvalue weighted by atomic mass is 16.1. The summed E-state index contributed by atoms with van der Waals surface area (Å²) in [5.74, 6) is 0.243. The molecule has 2 N–H and O–H groups in total. The van der Waals surface area contributed by atoms with Gasteiger partial charge in [0.15, 0.2) is 12.0 Å². The predicted octanol–water partition coefficient (Wildman–Crippen LogP) is 3.72. The number of rotatable bonds is 1. The number of aromatic nitrogens is 2. The number of Topliss-reactive ketones (excluding diaryl/α,β-unsaturated/α-hetero) is 1. The number of pyridine rings is 2. The van der Waals surface area contributed by atoms with E-state index in [9.17, 15) is 4.79 Å². The summed E-state index contributed by atoms with van der Waals surface area (Å²) in [5, 5.41) is 4.74. The minimum Gasteiger partial charge on any atom is -0.372 e. The second-order valence-electron chi connectivity index (χ2n) is 6.62. The molecule has 4 nitrogen and oxygen atoms in total. The van der Waals surface area contributed by atoms with Crippen molar-refractivity contribution in [3.63, 3.8) is 0 Å². The Labute approximate surface area is 145 Å². The first-order chi connectivity index (χ1) is 12.3. The van der Waals surface area contributed by atoms with Crippen molar-refractivity contribution in [2.24, 2.45) is 0 Å². The lowest BCUT2D eigenvalue weighted by molar-refractivity contribution is -0.344. The van der Waals surface area contributed by atoms with E-state index in [0.29, 0.717) is 6.42 Å². The molecular formula is C21H18N3O+. The molecule has 0 saturated heterocycles.